The van der Waals surface area contributed by atoms with Gasteiger partial charge in [-0.2, -0.15) is 13.2 Å². The second-order valence-corrected chi connectivity index (χ2v) is 4.10. The first-order chi connectivity index (χ1) is 8.68. The predicted octanol–water partition coefficient (Wildman–Crippen LogP) is 2.69. The minimum absolute atomic E-state index is 0.354. The summed E-state index contributed by atoms with van der Waals surface area (Å²) in [5, 5.41) is 9.08. The van der Waals surface area contributed by atoms with E-state index < -0.39 is 17.7 Å². The van der Waals surface area contributed by atoms with Gasteiger partial charge in [0.15, 0.2) is 0 Å². The van der Waals surface area contributed by atoms with E-state index in [1.54, 1.807) is 30.3 Å². The first kappa shape index (κ1) is 15.2. The van der Waals surface area contributed by atoms with E-state index >= 15 is 0 Å². The molecule has 19 heavy (non-hydrogen) atoms. The zero-order chi connectivity index (χ0) is 14.7. The molecule has 104 valence electrons. The molecule has 1 N–H and O–H groups in total. The van der Waals surface area contributed by atoms with Crippen molar-refractivity contribution in [1.82, 2.24) is 0 Å². The third kappa shape index (κ3) is 3.57. The average molecular weight is 274 g/mol. The SMILES string of the molecule is C=Cc1cccc(COC(=O)C(C)(O)C(F)(F)F)c1. The summed E-state index contributed by atoms with van der Waals surface area (Å²) >= 11 is 0. The molecule has 0 amide bonds. The number of benzene rings is 1. The second kappa shape index (κ2) is 5.44. The minimum atomic E-state index is -5.08. The molecule has 6 heteroatoms. The Morgan fingerprint density at radius 3 is 2.63 bits per heavy atom. The standard InChI is InChI=1S/C13H13F3O3/c1-3-9-5-4-6-10(7-9)8-19-11(17)12(2,18)13(14,15)16/h3-7,18H,1,8H2,2H3. The van der Waals surface area contributed by atoms with Crippen LogP contribution in [0.3, 0.4) is 0 Å². The number of carbonyl (C=O) groups is 1. The maximum atomic E-state index is 12.4. The van der Waals surface area contributed by atoms with E-state index in [1.807, 2.05) is 0 Å². The molecule has 1 aromatic carbocycles. The third-order valence-corrected chi connectivity index (χ3v) is 2.51. The van der Waals surface area contributed by atoms with Gasteiger partial charge in [-0.25, -0.2) is 4.79 Å². The Hall–Kier alpha value is -1.82. The van der Waals surface area contributed by atoms with Crippen LogP contribution in [-0.4, -0.2) is 22.9 Å². The van der Waals surface area contributed by atoms with E-state index in [-0.39, 0.29) is 6.61 Å². The van der Waals surface area contributed by atoms with Gasteiger partial charge in [0.1, 0.15) is 6.61 Å². The molecule has 0 heterocycles. The molecule has 1 aromatic rings. The number of ether oxygens (including phenoxy) is 1. The maximum Gasteiger partial charge on any atom is 0.427 e. The van der Waals surface area contributed by atoms with Gasteiger partial charge >= 0.3 is 12.1 Å². The largest absolute Gasteiger partial charge is 0.458 e. The van der Waals surface area contributed by atoms with E-state index in [0.29, 0.717) is 12.5 Å². The Kier molecular flexibility index (Phi) is 4.36. The van der Waals surface area contributed by atoms with Gasteiger partial charge < -0.3 is 9.84 Å². The lowest BCUT2D eigenvalue weighted by Gasteiger charge is -2.23. The zero-order valence-electron chi connectivity index (χ0n) is 10.2. The van der Waals surface area contributed by atoms with Crippen molar-refractivity contribution < 1.29 is 27.8 Å². The lowest BCUT2D eigenvalue weighted by molar-refractivity contribution is -0.257. The van der Waals surface area contributed by atoms with E-state index in [2.05, 4.69) is 11.3 Å². The highest BCUT2D eigenvalue weighted by atomic mass is 19.4. The zero-order valence-corrected chi connectivity index (χ0v) is 10.2. The van der Waals surface area contributed by atoms with Crippen molar-refractivity contribution in [3.63, 3.8) is 0 Å². The van der Waals surface area contributed by atoms with Crippen molar-refractivity contribution in [1.29, 1.82) is 0 Å². The molecule has 1 rings (SSSR count). The minimum Gasteiger partial charge on any atom is -0.458 e. The number of carbonyl (C=O) groups excluding carboxylic acids is 1. The third-order valence-electron chi connectivity index (χ3n) is 2.51. The second-order valence-electron chi connectivity index (χ2n) is 4.10. The Morgan fingerprint density at radius 2 is 2.11 bits per heavy atom. The number of alkyl halides is 3. The number of rotatable bonds is 4. The topological polar surface area (TPSA) is 46.5 Å². The normalized spacial score (nSPS) is 14.6. The highest BCUT2D eigenvalue weighted by Crippen LogP contribution is 2.31. The van der Waals surface area contributed by atoms with Crippen molar-refractivity contribution in [3.05, 3.63) is 42.0 Å². The Labute approximate surface area is 108 Å². The number of hydrogen-bond acceptors (Lipinski definition) is 3. The van der Waals surface area contributed by atoms with Crippen LogP contribution in [0.15, 0.2) is 30.8 Å². The number of halogens is 3. The van der Waals surface area contributed by atoms with Crippen LogP contribution in [0.4, 0.5) is 13.2 Å². The Morgan fingerprint density at radius 1 is 1.47 bits per heavy atom. The number of hydrogen-bond donors (Lipinski definition) is 1. The van der Waals surface area contributed by atoms with Crippen LogP contribution in [0.25, 0.3) is 6.08 Å². The van der Waals surface area contributed by atoms with Crippen molar-refractivity contribution in [2.45, 2.75) is 25.3 Å². The molecular formula is C13H13F3O3. The molecule has 0 bridgehead atoms. The fourth-order valence-electron chi connectivity index (χ4n) is 1.22. The summed E-state index contributed by atoms with van der Waals surface area (Å²) in [5.74, 6) is -1.73. The van der Waals surface area contributed by atoms with Crippen molar-refractivity contribution >= 4 is 12.0 Å². The summed E-state index contributed by atoms with van der Waals surface area (Å²) in [5.41, 5.74) is -2.26. The van der Waals surface area contributed by atoms with Gasteiger partial charge in [-0.3, -0.25) is 0 Å². The quantitative estimate of drug-likeness (QED) is 0.859. The van der Waals surface area contributed by atoms with E-state index in [0.717, 1.165) is 5.56 Å². The monoisotopic (exact) mass is 274 g/mol. The highest BCUT2D eigenvalue weighted by Gasteiger charge is 2.57. The smallest absolute Gasteiger partial charge is 0.427 e. The van der Waals surface area contributed by atoms with Crippen LogP contribution >= 0.6 is 0 Å². The number of esters is 1. The van der Waals surface area contributed by atoms with Gasteiger partial charge in [-0.15, -0.1) is 0 Å². The van der Waals surface area contributed by atoms with E-state index in [9.17, 15) is 18.0 Å². The molecule has 0 aliphatic heterocycles. The molecule has 0 radical (unpaired) electrons. The van der Waals surface area contributed by atoms with Gasteiger partial charge in [0.25, 0.3) is 5.60 Å². The Bertz CT molecular complexity index is 478. The van der Waals surface area contributed by atoms with Crippen LogP contribution in [0, 0.1) is 0 Å². The van der Waals surface area contributed by atoms with Crippen LogP contribution in [0.2, 0.25) is 0 Å². The van der Waals surface area contributed by atoms with Crippen LogP contribution in [0.5, 0.6) is 0 Å². The van der Waals surface area contributed by atoms with Gasteiger partial charge in [0.05, 0.1) is 0 Å². The molecule has 3 nitrogen and oxygen atoms in total. The fourth-order valence-corrected chi connectivity index (χ4v) is 1.22. The molecule has 0 aliphatic carbocycles. The summed E-state index contributed by atoms with van der Waals surface area (Å²) in [6.45, 7) is 3.54. The average Bonchev–Trinajstić information content (AvgIpc) is 2.34. The van der Waals surface area contributed by atoms with E-state index in [1.165, 1.54) is 0 Å². The molecule has 0 saturated heterocycles. The Balaban J connectivity index is 2.71. The first-order valence-corrected chi connectivity index (χ1v) is 5.36. The summed E-state index contributed by atoms with van der Waals surface area (Å²) in [7, 11) is 0. The molecule has 0 fully saturated rings. The molecule has 0 saturated carbocycles. The molecule has 1 atom stereocenters. The van der Waals surface area contributed by atoms with Crippen LogP contribution < -0.4 is 0 Å². The fraction of sp³-hybridized carbons (Fsp3) is 0.308. The van der Waals surface area contributed by atoms with Crippen molar-refractivity contribution in [2.75, 3.05) is 0 Å². The predicted molar refractivity (Wildman–Crippen MR) is 63.0 cm³/mol. The molecular weight excluding hydrogens is 261 g/mol. The number of aliphatic hydroxyl groups is 1. The molecule has 0 spiro atoms. The van der Waals surface area contributed by atoms with Crippen LogP contribution in [-0.2, 0) is 16.1 Å². The van der Waals surface area contributed by atoms with Gasteiger partial charge in [-0.1, -0.05) is 30.9 Å². The van der Waals surface area contributed by atoms with Crippen molar-refractivity contribution in [3.8, 4) is 0 Å². The molecule has 0 aromatic heterocycles. The van der Waals surface area contributed by atoms with Crippen molar-refractivity contribution in [2.24, 2.45) is 0 Å². The van der Waals surface area contributed by atoms with Gasteiger partial charge in [-0.05, 0) is 24.1 Å². The first-order valence-electron chi connectivity index (χ1n) is 5.36. The van der Waals surface area contributed by atoms with Crippen LogP contribution in [0.1, 0.15) is 18.1 Å². The molecule has 0 aliphatic rings. The lowest BCUT2D eigenvalue weighted by Crippen LogP contribution is -2.50. The summed E-state index contributed by atoms with van der Waals surface area (Å²) in [6.07, 6.45) is -3.52. The lowest BCUT2D eigenvalue weighted by atomic mass is 10.1. The summed E-state index contributed by atoms with van der Waals surface area (Å²) in [4.78, 5) is 11.2. The summed E-state index contributed by atoms with van der Waals surface area (Å²) < 4.78 is 41.6. The van der Waals surface area contributed by atoms with Gasteiger partial charge in [0.2, 0.25) is 0 Å². The molecule has 1 unspecified atom stereocenters. The summed E-state index contributed by atoms with van der Waals surface area (Å²) in [6, 6.07) is 6.59. The highest BCUT2D eigenvalue weighted by molar-refractivity contribution is 5.79. The van der Waals surface area contributed by atoms with Gasteiger partial charge in [0, 0.05) is 0 Å². The maximum absolute atomic E-state index is 12.4. The van der Waals surface area contributed by atoms with E-state index in [4.69, 9.17) is 5.11 Å².